The Balaban J connectivity index is 1.88. The predicted octanol–water partition coefficient (Wildman–Crippen LogP) is 4.50. The molecule has 1 amide bonds. The molecule has 0 unspecified atom stereocenters. The number of hydrogen-bond donors (Lipinski definition) is 0. The summed E-state index contributed by atoms with van der Waals surface area (Å²) in [4.78, 5) is 28.5. The van der Waals surface area contributed by atoms with Crippen LogP contribution in [0.2, 0.25) is 0 Å². The highest BCUT2D eigenvalue weighted by atomic mass is 16.6. The molecule has 2 heterocycles. The highest BCUT2D eigenvalue weighted by Crippen LogP contribution is 2.54. The molecule has 0 saturated carbocycles. The van der Waals surface area contributed by atoms with E-state index in [9.17, 15) is 9.59 Å². The highest BCUT2D eigenvalue weighted by Gasteiger charge is 2.55. The third-order valence-electron chi connectivity index (χ3n) is 5.84. The first kappa shape index (κ1) is 19.1. The van der Waals surface area contributed by atoms with E-state index < -0.39 is 11.4 Å². The Bertz CT molecular complexity index is 1280. The van der Waals surface area contributed by atoms with Crippen molar-refractivity contribution in [3.05, 3.63) is 96.3 Å². The van der Waals surface area contributed by atoms with Gasteiger partial charge in [-0.05, 0) is 41.5 Å². The second-order valence-corrected chi connectivity index (χ2v) is 7.52. The third-order valence-corrected chi connectivity index (χ3v) is 5.84. The van der Waals surface area contributed by atoms with Gasteiger partial charge in [0.25, 0.3) is 0 Å². The van der Waals surface area contributed by atoms with E-state index in [0.29, 0.717) is 12.3 Å². The van der Waals surface area contributed by atoms with Crippen molar-refractivity contribution in [1.82, 2.24) is 0 Å². The molecule has 31 heavy (non-hydrogen) atoms. The van der Waals surface area contributed by atoms with E-state index in [0.717, 1.165) is 27.6 Å². The number of ether oxygens (including phenoxy) is 2. The summed E-state index contributed by atoms with van der Waals surface area (Å²) in [5.41, 5.74) is 1.15. The lowest BCUT2D eigenvalue weighted by Gasteiger charge is -2.33. The van der Waals surface area contributed by atoms with E-state index in [1.807, 2.05) is 60.7 Å². The van der Waals surface area contributed by atoms with Crippen molar-refractivity contribution in [2.24, 2.45) is 0 Å². The van der Waals surface area contributed by atoms with Crippen LogP contribution >= 0.6 is 0 Å². The summed E-state index contributed by atoms with van der Waals surface area (Å²) in [7, 11) is 0. The molecule has 0 N–H and O–H groups in total. The normalized spacial score (nSPS) is 18.9. The highest BCUT2D eigenvalue weighted by molar-refractivity contribution is 6.16. The molecule has 0 aromatic heterocycles. The van der Waals surface area contributed by atoms with Crippen LogP contribution in [0.3, 0.4) is 0 Å². The maximum atomic E-state index is 14.1. The first-order valence-corrected chi connectivity index (χ1v) is 10.2. The smallest absolute Gasteiger partial charge is 0.373 e. The molecule has 0 fully saturated rings. The molecule has 5 heteroatoms. The number of fused-ring (bicyclic) bond motifs is 6. The largest absolute Gasteiger partial charge is 0.460 e. The molecule has 0 saturated heterocycles. The molecule has 154 valence electrons. The van der Waals surface area contributed by atoms with Gasteiger partial charge in [0, 0.05) is 17.8 Å². The minimum absolute atomic E-state index is 0.0215. The number of esters is 1. The van der Waals surface area contributed by atoms with Crippen molar-refractivity contribution in [2.45, 2.75) is 12.3 Å². The zero-order valence-corrected chi connectivity index (χ0v) is 17.1. The molecule has 0 radical (unpaired) electrons. The van der Waals surface area contributed by atoms with Crippen LogP contribution in [0.25, 0.3) is 10.8 Å². The van der Waals surface area contributed by atoms with Crippen LogP contribution in [-0.4, -0.2) is 25.0 Å². The van der Waals surface area contributed by atoms with Gasteiger partial charge in [0.1, 0.15) is 11.2 Å². The Morgan fingerprint density at radius 1 is 1.13 bits per heavy atom. The number of benzene rings is 3. The lowest BCUT2D eigenvalue weighted by molar-refractivity contribution is -0.141. The SMILES string of the molecule is C=CCN1C(=O)[C@@]2(C=C(C(=O)OCC)Oc3ccc4ccccc4c32)c2ccccc21. The molecule has 1 spiro atoms. The van der Waals surface area contributed by atoms with Crippen LogP contribution in [0.1, 0.15) is 18.1 Å². The third kappa shape index (κ3) is 2.63. The van der Waals surface area contributed by atoms with Crippen molar-refractivity contribution >= 4 is 28.3 Å². The monoisotopic (exact) mass is 411 g/mol. The average Bonchev–Trinajstić information content (AvgIpc) is 3.02. The number of nitrogens with zero attached hydrogens (tertiary/aromatic N) is 1. The molecule has 3 aromatic carbocycles. The van der Waals surface area contributed by atoms with Gasteiger partial charge in [-0.3, -0.25) is 4.79 Å². The van der Waals surface area contributed by atoms with Crippen LogP contribution in [0.15, 0.2) is 85.2 Å². The molecule has 5 rings (SSSR count). The first-order chi connectivity index (χ1) is 15.1. The van der Waals surface area contributed by atoms with E-state index in [2.05, 4.69) is 6.58 Å². The van der Waals surface area contributed by atoms with Crippen LogP contribution in [0.5, 0.6) is 5.75 Å². The van der Waals surface area contributed by atoms with E-state index in [1.54, 1.807) is 24.0 Å². The maximum absolute atomic E-state index is 14.1. The van der Waals surface area contributed by atoms with Gasteiger partial charge in [0.15, 0.2) is 0 Å². The van der Waals surface area contributed by atoms with Crippen LogP contribution in [-0.2, 0) is 19.7 Å². The lowest BCUT2D eigenvalue weighted by Crippen LogP contribution is -2.43. The van der Waals surface area contributed by atoms with Crippen molar-refractivity contribution in [3.8, 4) is 5.75 Å². The number of rotatable bonds is 4. The zero-order valence-electron chi connectivity index (χ0n) is 17.1. The summed E-state index contributed by atoms with van der Waals surface area (Å²) in [6.07, 6.45) is 3.33. The fraction of sp³-hybridized carbons (Fsp3) is 0.154. The number of hydrogen-bond acceptors (Lipinski definition) is 4. The Morgan fingerprint density at radius 3 is 2.71 bits per heavy atom. The number of para-hydroxylation sites is 1. The molecule has 2 aliphatic heterocycles. The number of anilines is 1. The first-order valence-electron chi connectivity index (χ1n) is 10.2. The van der Waals surface area contributed by atoms with E-state index in [4.69, 9.17) is 9.47 Å². The van der Waals surface area contributed by atoms with Gasteiger partial charge in [-0.2, -0.15) is 0 Å². The fourth-order valence-electron chi connectivity index (χ4n) is 4.63. The molecule has 3 aromatic rings. The van der Waals surface area contributed by atoms with E-state index in [-0.39, 0.29) is 18.3 Å². The zero-order chi connectivity index (χ0) is 21.6. The van der Waals surface area contributed by atoms with Crippen LogP contribution in [0, 0.1) is 0 Å². The minimum atomic E-state index is -1.20. The van der Waals surface area contributed by atoms with Crippen molar-refractivity contribution in [2.75, 3.05) is 18.1 Å². The topological polar surface area (TPSA) is 55.8 Å². The van der Waals surface area contributed by atoms with Crippen LogP contribution < -0.4 is 9.64 Å². The van der Waals surface area contributed by atoms with Crippen LogP contribution in [0.4, 0.5) is 5.69 Å². The molecule has 1 atom stereocenters. The second kappa shape index (κ2) is 7.13. The van der Waals surface area contributed by atoms with Gasteiger partial charge in [0.2, 0.25) is 11.7 Å². The quantitative estimate of drug-likeness (QED) is 0.469. The van der Waals surface area contributed by atoms with Gasteiger partial charge in [0.05, 0.1) is 6.61 Å². The Labute approximate surface area is 180 Å². The van der Waals surface area contributed by atoms with Gasteiger partial charge >= 0.3 is 5.97 Å². The number of amides is 1. The molecular weight excluding hydrogens is 390 g/mol. The predicted molar refractivity (Wildman–Crippen MR) is 119 cm³/mol. The van der Waals surface area contributed by atoms with E-state index in [1.165, 1.54) is 0 Å². The summed E-state index contributed by atoms with van der Waals surface area (Å²) in [6, 6.07) is 19.3. The second-order valence-electron chi connectivity index (χ2n) is 7.52. The molecule has 0 bridgehead atoms. The summed E-state index contributed by atoms with van der Waals surface area (Å²) in [5.74, 6) is -0.231. The molecule has 2 aliphatic rings. The molecule has 0 aliphatic carbocycles. The van der Waals surface area contributed by atoms with Gasteiger partial charge < -0.3 is 14.4 Å². The molecule has 5 nitrogen and oxygen atoms in total. The van der Waals surface area contributed by atoms with Gasteiger partial charge in [-0.25, -0.2) is 4.79 Å². The van der Waals surface area contributed by atoms with Gasteiger partial charge in [-0.15, -0.1) is 6.58 Å². The lowest BCUT2D eigenvalue weighted by atomic mass is 9.71. The number of carbonyl (C=O) groups excluding carboxylic acids is 2. The maximum Gasteiger partial charge on any atom is 0.373 e. The Kier molecular flexibility index (Phi) is 4.40. The summed E-state index contributed by atoms with van der Waals surface area (Å²) in [5, 5.41) is 1.90. The fourth-order valence-corrected chi connectivity index (χ4v) is 4.63. The molecular formula is C26H21NO4. The standard InChI is InChI=1S/C26H21NO4/c1-3-15-27-20-12-8-7-11-19(20)26(25(27)29)16-22(24(28)30-4-2)31-21-14-13-17-9-5-6-10-18(17)23(21)26/h3,5-14,16H,1,4,15H2,2H3/t26-/m0/s1. The number of carbonyl (C=O) groups is 2. The Hall–Kier alpha value is -3.86. The van der Waals surface area contributed by atoms with Crippen molar-refractivity contribution in [1.29, 1.82) is 0 Å². The summed E-state index contributed by atoms with van der Waals surface area (Å²) >= 11 is 0. The minimum Gasteiger partial charge on any atom is -0.460 e. The summed E-state index contributed by atoms with van der Waals surface area (Å²) < 4.78 is 11.2. The average molecular weight is 411 g/mol. The Morgan fingerprint density at radius 2 is 1.90 bits per heavy atom. The van der Waals surface area contributed by atoms with Crippen molar-refractivity contribution < 1.29 is 19.1 Å². The van der Waals surface area contributed by atoms with Crippen molar-refractivity contribution in [3.63, 3.8) is 0 Å². The summed E-state index contributed by atoms with van der Waals surface area (Å²) in [6.45, 7) is 6.13. The van der Waals surface area contributed by atoms with E-state index >= 15 is 0 Å². The van der Waals surface area contributed by atoms with Gasteiger partial charge in [-0.1, -0.05) is 54.6 Å².